The maximum Gasteiger partial charge on any atom is 0.347 e. The molecule has 5 heteroatoms. The number of carbonyl (C=O) groups is 2. The lowest BCUT2D eigenvalue weighted by Crippen LogP contribution is -2.40. The van der Waals surface area contributed by atoms with Gasteiger partial charge in [0.2, 0.25) is 0 Å². The molecule has 0 aromatic heterocycles. The molecular weight excluding hydrogens is 248 g/mol. The van der Waals surface area contributed by atoms with Gasteiger partial charge in [-0.15, -0.1) is 0 Å². The first-order chi connectivity index (χ1) is 8.40. The van der Waals surface area contributed by atoms with Crippen LogP contribution in [0.1, 0.15) is 54.9 Å². The van der Waals surface area contributed by atoms with Crippen molar-refractivity contribution in [2.75, 3.05) is 0 Å². The minimum Gasteiger partial charge on any atom is -0.457 e. The Bertz CT molecular complexity index is 327. The zero-order chi connectivity index (χ0) is 15.4. The Morgan fingerprint density at radius 3 is 1.95 bits per heavy atom. The normalized spacial score (nSPS) is 15.6. The van der Waals surface area contributed by atoms with Gasteiger partial charge in [0.25, 0.3) is 0 Å². The Morgan fingerprint density at radius 1 is 1.11 bits per heavy atom. The zero-order valence-electron chi connectivity index (χ0n) is 12.9. The van der Waals surface area contributed by atoms with Crippen molar-refractivity contribution in [2.24, 2.45) is 5.92 Å². The van der Waals surface area contributed by atoms with Crippen LogP contribution in [0.15, 0.2) is 0 Å². The van der Waals surface area contributed by atoms with E-state index < -0.39 is 35.2 Å². The average Bonchev–Trinajstić information content (AvgIpc) is 2.25. The largest absolute Gasteiger partial charge is 0.457 e. The number of esters is 2. The molecular formula is C14H26O5. The second kappa shape index (κ2) is 6.37. The Labute approximate surface area is 115 Å². The molecule has 0 heterocycles. The SMILES string of the molecule is CCC(C)(C)OC(=O)C(C)OC(=O)C(C)C(C)(C)O. The standard InChI is InChI=1S/C14H26O5/c1-8-13(4,5)19-12(16)10(3)18-11(15)9(2)14(6,7)17/h9-10,17H,8H2,1-7H3. The van der Waals surface area contributed by atoms with E-state index >= 15 is 0 Å². The summed E-state index contributed by atoms with van der Waals surface area (Å²) < 4.78 is 10.3. The average molecular weight is 274 g/mol. The highest BCUT2D eigenvalue weighted by atomic mass is 16.6. The second-order valence-corrected chi connectivity index (χ2v) is 5.99. The first kappa shape index (κ1) is 17.9. The van der Waals surface area contributed by atoms with Gasteiger partial charge in [-0.3, -0.25) is 4.79 Å². The molecule has 0 aliphatic rings. The summed E-state index contributed by atoms with van der Waals surface area (Å²) in [6.07, 6.45) is -0.317. The predicted octanol–water partition coefficient (Wildman–Crippen LogP) is 2.06. The fourth-order valence-corrected chi connectivity index (χ4v) is 1.04. The van der Waals surface area contributed by atoms with Gasteiger partial charge in [-0.05, 0) is 48.0 Å². The van der Waals surface area contributed by atoms with Crippen molar-refractivity contribution in [1.29, 1.82) is 0 Å². The Hall–Kier alpha value is -1.10. The van der Waals surface area contributed by atoms with E-state index in [1.54, 1.807) is 20.8 Å². The van der Waals surface area contributed by atoms with Crippen molar-refractivity contribution in [3.8, 4) is 0 Å². The molecule has 0 fully saturated rings. The van der Waals surface area contributed by atoms with Gasteiger partial charge in [0.15, 0.2) is 6.10 Å². The number of hydrogen-bond donors (Lipinski definition) is 1. The third kappa shape index (κ3) is 6.05. The highest BCUT2D eigenvalue weighted by Crippen LogP contribution is 2.19. The molecule has 0 aromatic rings. The lowest BCUT2D eigenvalue weighted by atomic mass is 9.93. The molecule has 0 aliphatic heterocycles. The van der Waals surface area contributed by atoms with Gasteiger partial charge in [-0.25, -0.2) is 4.79 Å². The summed E-state index contributed by atoms with van der Waals surface area (Å²) in [7, 11) is 0. The van der Waals surface area contributed by atoms with Crippen molar-refractivity contribution in [3.63, 3.8) is 0 Å². The van der Waals surface area contributed by atoms with E-state index in [1.807, 2.05) is 6.92 Å². The minimum atomic E-state index is -1.19. The molecule has 1 N–H and O–H groups in total. The van der Waals surface area contributed by atoms with Gasteiger partial charge >= 0.3 is 11.9 Å². The fourth-order valence-electron chi connectivity index (χ4n) is 1.04. The van der Waals surface area contributed by atoms with Crippen LogP contribution in [0.25, 0.3) is 0 Å². The van der Waals surface area contributed by atoms with E-state index in [2.05, 4.69) is 0 Å². The number of hydrogen-bond acceptors (Lipinski definition) is 5. The Morgan fingerprint density at radius 2 is 1.58 bits per heavy atom. The molecule has 0 spiro atoms. The van der Waals surface area contributed by atoms with Crippen molar-refractivity contribution >= 4 is 11.9 Å². The van der Waals surface area contributed by atoms with E-state index in [1.165, 1.54) is 20.8 Å². The summed E-state index contributed by atoms with van der Waals surface area (Å²) in [5.41, 5.74) is -1.77. The molecule has 0 rings (SSSR count). The molecule has 19 heavy (non-hydrogen) atoms. The Balaban J connectivity index is 4.50. The summed E-state index contributed by atoms with van der Waals surface area (Å²) in [5.74, 6) is -1.92. The first-order valence-electron chi connectivity index (χ1n) is 6.56. The molecule has 112 valence electrons. The minimum absolute atomic E-state index is 0.580. The molecule has 0 bridgehead atoms. The van der Waals surface area contributed by atoms with E-state index in [9.17, 15) is 14.7 Å². The van der Waals surface area contributed by atoms with Crippen molar-refractivity contribution < 1.29 is 24.2 Å². The van der Waals surface area contributed by atoms with Gasteiger partial charge in [0, 0.05) is 0 Å². The van der Waals surface area contributed by atoms with Gasteiger partial charge in [-0.2, -0.15) is 0 Å². The first-order valence-corrected chi connectivity index (χ1v) is 6.56. The lowest BCUT2D eigenvalue weighted by molar-refractivity contribution is -0.180. The third-order valence-corrected chi connectivity index (χ3v) is 3.27. The van der Waals surface area contributed by atoms with E-state index in [-0.39, 0.29) is 0 Å². The molecule has 0 aromatic carbocycles. The van der Waals surface area contributed by atoms with Crippen LogP contribution in [-0.2, 0) is 19.1 Å². The Kier molecular flexibility index (Phi) is 6.00. The molecule has 0 saturated heterocycles. The smallest absolute Gasteiger partial charge is 0.347 e. The quantitative estimate of drug-likeness (QED) is 0.750. The summed E-state index contributed by atoms with van der Waals surface area (Å²) in [4.78, 5) is 23.5. The van der Waals surface area contributed by atoms with E-state index in [4.69, 9.17) is 9.47 Å². The lowest BCUT2D eigenvalue weighted by Gasteiger charge is -2.27. The topological polar surface area (TPSA) is 72.8 Å². The van der Waals surface area contributed by atoms with Crippen molar-refractivity contribution in [3.05, 3.63) is 0 Å². The highest BCUT2D eigenvalue weighted by Gasteiger charge is 2.33. The molecule has 2 unspecified atom stereocenters. The van der Waals surface area contributed by atoms with Crippen LogP contribution in [0.5, 0.6) is 0 Å². The monoisotopic (exact) mass is 274 g/mol. The third-order valence-electron chi connectivity index (χ3n) is 3.27. The number of rotatable bonds is 6. The van der Waals surface area contributed by atoms with E-state index in [0.29, 0.717) is 6.42 Å². The number of aliphatic hydroxyl groups is 1. The predicted molar refractivity (Wildman–Crippen MR) is 71.5 cm³/mol. The molecule has 5 nitrogen and oxygen atoms in total. The van der Waals surface area contributed by atoms with Gasteiger partial charge in [0.1, 0.15) is 5.60 Å². The summed E-state index contributed by atoms with van der Waals surface area (Å²) >= 11 is 0. The molecule has 0 radical (unpaired) electrons. The maximum atomic E-state index is 11.8. The van der Waals surface area contributed by atoms with Crippen LogP contribution < -0.4 is 0 Å². The summed E-state index contributed by atoms with van der Waals surface area (Å²) in [5, 5.41) is 9.72. The molecule has 0 saturated carbocycles. The van der Waals surface area contributed by atoms with Crippen LogP contribution in [0.4, 0.5) is 0 Å². The molecule has 2 atom stereocenters. The maximum absolute atomic E-state index is 11.8. The number of carbonyl (C=O) groups excluding carboxylic acids is 2. The van der Waals surface area contributed by atoms with Gasteiger partial charge in [-0.1, -0.05) is 6.92 Å². The van der Waals surface area contributed by atoms with Gasteiger partial charge in [0.05, 0.1) is 11.5 Å². The van der Waals surface area contributed by atoms with Crippen LogP contribution in [-0.4, -0.2) is 34.4 Å². The van der Waals surface area contributed by atoms with Crippen LogP contribution in [0.2, 0.25) is 0 Å². The molecule has 0 aliphatic carbocycles. The van der Waals surface area contributed by atoms with Crippen LogP contribution >= 0.6 is 0 Å². The fraction of sp³-hybridized carbons (Fsp3) is 0.857. The molecule has 0 amide bonds. The number of ether oxygens (including phenoxy) is 2. The highest BCUT2D eigenvalue weighted by molar-refractivity contribution is 5.80. The van der Waals surface area contributed by atoms with Crippen LogP contribution in [0.3, 0.4) is 0 Å². The second-order valence-electron chi connectivity index (χ2n) is 5.99. The van der Waals surface area contributed by atoms with Crippen molar-refractivity contribution in [2.45, 2.75) is 72.2 Å². The van der Waals surface area contributed by atoms with Crippen LogP contribution in [0, 0.1) is 5.92 Å². The zero-order valence-corrected chi connectivity index (χ0v) is 12.9. The van der Waals surface area contributed by atoms with E-state index in [0.717, 1.165) is 0 Å². The van der Waals surface area contributed by atoms with Gasteiger partial charge < -0.3 is 14.6 Å². The van der Waals surface area contributed by atoms with Crippen molar-refractivity contribution in [1.82, 2.24) is 0 Å². The summed E-state index contributed by atoms with van der Waals surface area (Å²) in [6, 6.07) is 0. The summed E-state index contributed by atoms with van der Waals surface area (Å²) in [6.45, 7) is 11.5.